The molecule has 0 atom stereocenters. The number of hydrogen-bond donors (Lipinski definition) is 0. The van der Waals surface area contributed by atoms with Gasteiger partial charge in [-0.3, -0.25) is 0 Å². The maximum Gasteiger partial charge on any atom is 0.136 e. The van der Waals surface area contributed by atoms with E-state index in [1.807, 2.05) is 0 Å². The third kappa shape index (κ3) is 12.2. The van der Waals surface area contributed by atoms with Crippen LogP contribution in [0.3, 0.4) is 0 Å². The molecule has 3 nitrogen and oxygen atoms in total. The van der Waals surface area contributed by atoms with Gasteiger partial charge in [-0.25, -0.2) is 0 Å². The molecule has 0 spiro atoms. The summed E-state index contributed by atoms with van der Waals surface area (Å²) in [6.07, 6.45) is 0. The van der Waals surface area contributed by atoms with Gasteiger partial charge in [0.05, 0.1) is 107 Å². The average molecular weight is 1790 g/mol. The fourth-order valence-electron chi connectivity index (χ4n) is 17.0. The molecule has 0 aliphatic carbocycles. The van der Waals surface area contributed by atoms with Crippen molar-refractivity contribution in [3.8, 4) is 66.8 Å². The Hall–Kier alpha value is -17.8. The van der Waals surface area contributed by atoms with Crippen LogP contribution in [0, 0.1) is 0 Å². The van der Waals surface area contributed by atoms with Gasteiger partial charge in [0.2, 0.25) is 0 Å². The monoisotopic (exact) mass is 1790 g/mol. The Balaban J connectivity index is 0.000000140. The smallest absolute Gasteiger partial charge is 0.136 e. The van der Waals surface area contributed by atoms with Gasteiger partial charge >= 0.3 is 0 Å². The van der Waals surface area contributed by atoms with Crippen LogP contribution in [-0.2, 0) is 0 Å². The van der Waals surface area contributed by atoms with Gasteiger partial charge in [0.25, 0.3) is 0 Å². The molecule has 3 aromatic heterocycles. The van der Waals surface area contributed by atoms with Gasteiger partial charge in [-0.05, 0) is 313 Å². The summed E-state index contributed by atoms with van der Waals surface area (Å²) in [5, 5.41) is -20.8. The quantitative estimate of drug-likeness (QED) is 0.123. The highest BCUT2D eigenvalue weighted by Gasteiger charge is 2.25. The number of rotatable bonds is 6. The highest BCUT2D eigenvalue weighted by Crippen LogP contribution is 2.52. The molecule has 3 heterocycles. The molecule has 0 amide bonds. The lowest BCUT2D eigenvalue weighted by Crippen LogP contribution is -1.92. The molecule has 624 valence electrons. The number of hydrogen-bond acceptors (Lipinski definition) is 3. The number of furan rings is 3. The van der Waals surface area contributed by atoms with Gasteiger partial charge < -0.3 is 13.3 Å². The van der Waals surface area contributed by atoms with Crippen LogP contribution >= 0.6 is 0 Å². The van der Waals surface area contributed by atoms with E-state index in [4.69, 9.17) is 77.7 Å². The van der Waals surface area contributed by atoms with Crippen molar-refractivity contribution in [2.45, 2.75) is 0 Å². The summed E-state index contributed by atoms with van der Waals surface area (Å²) in [7, 11) is 0. The molecule has 30 aromatic rings. The van der Waals surface area contributed by atoms with Gasteiger partial charge in [-0.2, -0.15) is 0 Å². The molecule has 0 aliphatic heterocycles. The highest BCUT2D eigenvalue weighted by atomic mass is 16.3. The first-order valence-electron chi connectivity index (χ1n) is 79.2. The van der Waals surface area contributed by atoms with E-state index in [1.165, 1.54) is 0 Å². The Morgan fingerprint density at radius 3 is 0.704 bits per heavy atom. The van der Waals surface area contributed by atoms with Crippen LogP contribution in [0.25, 0.3) is 294 Å². The van der Waals surface area contributed by atoms with Crippen LogP contribution in [-0.4, -0.2) is 0 Å². The van der Waals surface area contributed by atoms with Crippen molar-refractivity contribution in [2.24, 2.45) is 0 Å². The minimum absolute atomic E-state index is 0.433. The second-order valence-corrected chi connectivity index (χ2v) is 30.0. The predicted molar refractivity (Wildman–Crippen MR) is 576 cm³/mol. The van der Waals surface area contributed by atoms with Crippen LogP contribution < -0.4 is 0 Å². The SMILES string of the molecule is [2H]c1c(-c2c3c([2H])c([2H])c([2H])c([2H])c3c(-c3c([2H])c([2H])c([2H])c4c([2H])c([2H])c5c([2H])c([2H])c([2H])c([2H])c5c34)c3c([2H])c([2H])c([2H])c([2H])c23)c([2H])c2c(oc3c([2H])c4c([2H])c([2H])c([2H])c([2H])c4c([2H])c32)c1[2H].[2H]c1c(-c2c3c([2H])c([2H])c([2H])c([2H])c3c(-c3c([2H])c([2H])c4c([2H])c([2H])c5c([2H])c([2H])c([2H])c([2H])c5c4c3[2H])c3c([2H])c([2H])c([2H])c([2H])c23)c([2H])c2c(oc3c([2H])c4c([2H])c([2H])c([2H])c([2H])c4c([2H])c32)c1[2H].[2H]c1c(-c2c3c([2H])c([2H])c([2H])c([2H])c3c(-c3c([2H])c([2H])c4c(c3[2H])c([2H])c([2H])c3c([2H])c([2H])c([2H])c([2H])c34)c3c([2H])c([2H])c([2H])c([2H])c23)c([2H])c2c(oc3c([2H])c4c([2H])c([2H])c([2H])c([2H])c4c([2H])c32)c1[2H]. The second-order valence-electron chi connectivity index (χ2n) is 30.0. The van der Waals surface area contributed by atoms with E-state index < -0.39 is 765 Å². The third-order valence-electron chi connectivity index (χ3n) is 22.8. The third-order valence-corrected chi connectivity index (χ3v) is 22.8. The molecular weight excluding hydrogens is 1630 g/mol. The zero-order chi connectivity index (χ0) is 156. The largest absolute Gasteiger partial charge is 0.456 e. The maximum atomic E-state index is 9.85. The Morgan fingerprint density at radius 2 is 0.341 bits per heavy atom. The van der Waals surface area contributed by atoms with Crippen molar-refractivity contribution in [3.05, 3.63) is 471 Å². The second kappa shape index (κ2) is 30.4. The summed E-state index contributed by atoms with van der Waals surface area (Å²) < 4.78 is 721. The Kier molecular flexibility index (Phi) is 7.23. The van der Waals surface area contributed by atoms with Gasteiger partial charge in [-0.1, -0.05) is 387 Å². The first kappa shape index (κ1) is 32.1. The minimum Gasteiger partial charge on any atom is -0.456 e. The first-order valence-corrected chi connectivity index (χ1v) is 40.2. The average Bonchev–Trinajstić information content (AvgIpc) is 1.64. The lowest BCUT2D eigenvalue weighted by atomic mass is 9.84. The highest BCUT2D eigenvalue weighted by molar-refractivity contribution is 6.30. The van der Waals surface area contributed by atoms with Crippen LogP contribution in [0.5, 0.6) is 0 Å². The summed E-state index contributed by atoms with van der Waals surface area (Å²) in [4.78, 5) is 0. The van der Waals surface area contributed by atoms with Crippen LogP contribution in [0.4, 0.5) is 0 Å². The van der Waals surface area contributed by atoms with E-state index in [1.54, 1.807) is 0 Å². The minimum atomic E-state index is -0.984. The number of fused-ring (bicyclic) bond motifs is 27. The van der Waals surface area contributed by atoms with Crippen LogP contribution in [0.2, 0.25) is 0 Å². The van der Waals surface area contributed by atoms with Gasteiger partial charge in [-0.15, -0.1) is 0 Å². The normalized spacial score (nSPS) is 20.1. The van der Waals surface area contributed by atoms with Crippen molar-refractivity contribution in [1.82, 2.24) is 0 Å². The molecule has 0 bridgehead atoms. The fourth-order valence-corrected chi connectivity index (χ4v) is 17.0. The first-order chi connectivity index (χ1) is 99.5. The van der Waals surface area contributed by atoms with E-state index in [-0.39, 0.29) is 0 Å². The van der Waals surface area contributed by atoms with E-state index in [9.17, 15) is 42.5 Å². The molecular formula is C132H78O3. The van der Waals surface area contributed by atoms with Crippen LogP contribution in [0.1, 0.15) is 107 Å². The maximum absolute atomic E-state index is 9.85. The van der Waals surface area contributed by atoms with Gasteiger partial charge in [0.1, 0.15) is 33.5 Å². The summed E-state index contributed by atoms with van der Waals surface area (Å²) in [6, 6.07) is -67.4. The fraction of sp³-hybridized carbons (Fsp3) is 0. The molecule has 0 saturated heterocycles. The Labute approximate surface area is 884 Å². The molecule has 0 fully saturated rings. The van der Waals surface area contributed by atoms with Crippen molar-refractivity contribution in [2.75, 3.05) is 0 Å². The van der Waals surface area contributed by atoms with E-state index in [2.05, 4.69) is 0 Å². The lowest BCUT2D eigenvalue weighted by molar-refractivity contribution is 0.669. The van der Waals surface area contributed by atoms with Gasteiger partial charge in [0, 0.05) is 32.3 Å². The van der Waals surface area contributed by atoms with Crippen LogP contribution in [0.15, 0.2) is 485 Å². The molecule has 30 rings (SSSR count). The van der Waals surface area contributed by atoms with E-state index in [0.29, 0.717) is 0 Å². The molecule has 0 N–H and O–H groups in total. The topological polar surface area (TPSA) is 39.4 Å². The number of benzene rings is 27. The van der Waals surface area contributed by atoms with Crippen molar-refractivity contribution in [3.63, 3.8) is 0 Å². The Morgan fingerprint density at radius 1 is 0.119 bits per heavy atom. The van der Waals surface area contributed by atoms with Gasteiger partial charge in [0.15, 0.2) is 0 Å². The van der Waals surface area contributed by atoms with Crippen molar-refractivity contribution in [1.29, 1.82) is 0 Å². The molecule has 135 heavy (non-hydrogen) atoms. The summed E-state index contributed by atoms with van der Waals surface area (Å²) >= 11 is 0. The Bertz CT molecular complexity index is 15200. The molecule has 0 aliphatic rings. The molecule has 0 unspecified atom stereocenters. The zero-order valence-corrected chi connectivity index (χ0v) is 67.2. The zero-order valence-electron chi connectivity index (χ0n) is 145. The molecule has 0 saturated carbocycles. The van der Waals surface area contributed by atoms with Crippen molar-refractivity contribution >= 4 is 227 Å². The molecule has 27 aromatic carbocycles. The van der Waals surface area contributed by atoms with E-state index in [0.717, 1.165) is 0 Å². The standard InChI is InChI=1S/3C44H26O/c1-2-12-30-26-41-39(24-29(30)11-1)38-25-31(22-23-40(38)45-41)43-33-15-5-7-17-35(33)44(36-18-8-6-16-34(36)43)37-19-9-13-28-21-20-27-10-3-4-14-32(27)42(28)37;1-2-11-29-26-42-40(24-28(29)10-1)39-25-32(20-22-41(39)45-42)44-37-15-7-5-13-35(37)43(36-14-6-8-16-38(36)44)31-19-21-34-30(23-31)18-17-27-9-3-4-12-33(27)34;1-2-11-30-26-42-40(23-29(30)10-1)39-25-32(21-22-41(39)45-42)44-36-15-7-5-13-34(36)43(35-14-6-8-16-37(35)44)31-20-19-28-18-17-27-9-3-4-12-33(27)38(28)24-31/h3*1-26H/i3*1D,2D,3D,4D,5D,6D,7D,8D,9D,10D,11D,12D,13D,14D,15D,16D,17D,18D,19D,20D,21D,22D,23D,24D,25D,26D. The molecule has 0 radical (unpaired) electrons. The predicted octanol–water partition coefficient (Wildman–Crippen LogP) is 38.1. The lowest BCUT2D eigenvalue weighted by Gasteiger charge is -2.19. The van der Waals surface area contributed by atoms with E-state index >= 15 is 0 Å². The summed E-state index contributed by atoms with van der Waals surface area (Å²) in [6.45, 7) is 0. The summed E-state index contributed by atoms with van der Waals surface area (Å²) in [5.41, 5.74) is -12.1. The molecule has 3 heteroatoms. The van der Waals surface area contributed by atoms with Crippen molar-refractivity contribution < 1.29 is 120 Å². The summed E-state index contributed by atoms with van der Waals surface area (Å²) in [5.74, 6) is 0.